The van der Waals surface area contributed by atoms with Crippen molar-refractivity contribution in [2.75, 3.05) is 5.32 Å². The molecule has 2 aromatic carbocycles. The molecule has 0 amide bonds. The van der Waals surface area contributed by atoms with Gasteiger partial charge >= 0.3 is 0 Å². The van der Waals surface area contributed by atoms with Gasteiger partial charge < -0.3 is 5.32 Å². The van der Waals surface area contributed by atoms with Gasteiger partial charge in [-0.25, -0.2) is 0 Å². The molecule has 2 rings (SSSR count). The van der Waals surface area contributed by atoms with Crippen LogP contribution in [0.15, 0.2) is 77.4 Å². The molecule has 1 N–H and O–H groups in total. The van der Waals surface area contributed by atoms with Gasteiger partial charge in [-0.1, -0.05) is 43.3 Å². The van der Waals surface area contributed by atoms with Crippen LogP contribution in [0.3, 0.4) is 0 Å². The summed E-state index contributed by atoms with van der Waals surface area (Å²) < 4.78 is 0. The summed E-state index contributed by atoms with van der Waals surface area (Å²) in [6, 6.07) is 20.1. The van der Waals surface area contributed by atoms with Crippen molar-refractivity contribution in [2.45, 2.75) is 13.3 Å². The average molecular weight is 250 g/mol. The van der Waals surface area contributed by atoms with Crippen molar-refractivity contribution in [1.82, 2.24) is 0 Å². The van der Waals surface area contributed by atoms with Crippen LogP contribution in [0, 0.1) is 0 Å². The summed E-state index contributed by atoms with van der Waals surface area (Å²) in [5, 5.41) is 3.28. The lowest BCUT2D eigenvalue weighted by Crippen LogP contribution is -1.92. The van der Waals surface area contributed by atoms with Gasteiger partial charge in [0.2, 0.25) is 0 Å². The molecule has 0 heterocycles. The third-order valence-corrected chi connectivity index (χ3v) is 2.74. The van der Waals surface area contributed by atoms with Crippen molar-refractivity contribution in [3.8, 4) is 0 Å². The van der Waals surface area contributed by atoms with Crippen molar-refractivity contribution in [2.24, 2.45) is 4.99 Å². The van der Waals surface area contributed by atoms with Crippen molar-refractivity contribution < 1.29 is 0 Å². The second-order valence-electron chi connectivity index (χ2n) is 4.18. The Labute approximate surface area is 114 Å². The molecule has 0 saturated carbocycles. The normalized spacial score (nSPS) is 11.7. The second-order valence-corrected chi connectivity index (χ2v) is 4.18. The van der Waals surface area contributed by atoms with E-state index >= 15 is 0 Å². The number of nitrogens with one attached hydrogen (secondary N) is 1. The first-order chi connectivity index (χ1) is 9.38. The standard InChI is InChI=1S/C17H18N2/c1-2-15(13-18-16-9-5-3-6-10-16)14-19-17-11-7-4-8-12-17/h3-14,18H,2H2,1H3/b15-13-,19-14+. The molecule has 96 valence electrons. The maximum atomic E-state index is 4.46. The Hall–Kier alpha value is -2.35. The summed E-state index contributed by atoms with van der Waals surface area (Å²) in [4.78, 5) is 4.46. The SMILES string of the molecule is CCC(=C/Nc1ccccc1)/C=N/c1ccccc1. The molecule has 19 heavy (non-hydrogen) atoms. The van der Waals surface area contributed by atoms with Gasteiger partial charge in [-0.2, -0.15) is 0 Å². The summed E-state index contributed by atoms with van der Waals surface area (Å²) in [6.07, 6.45) is 4.85. The molecule has 2 nitrogen and oxygen atoms in total. The van der Waals surface area contributed by atoms with Gasteiger partial charge in [-0.05, 0) is 36.3 Å². The zero-order valence-corrected chi connectivity index (χ0v) is 11.1. The molecular weight excluding hydrogens is 232 g/mol. The van der Waals surface area contributed by atoms with Crippen LogP contribution in [0.1, 0.15) is 13.3 Å². The molecule has 0 aliphatic carbocycles. The zero-order chi connectivity index (χ0) is 13.3. The van der Waals surface area contributed by atoms with E-state index in [9.17, 15) is 0 Å². The molecule has 2 heteroatoms. The van der Waals surface area contributed by atoms with Gasteiger partial charge in [0.05, 0.1) is 5.69 Å². The fourth-order valence-electron chi connectivity index (χ4n) is 1.61. The third-order valence-electron chi connectivity index (χ3n) is 2.74. The highest BCUT2D eigenvalue weighted by atomic mass is 14.8. The minimum atomic E-state index is 0.941. The van der Waals surface area contributed by atoms with E-state index in [0.717, 1.165) is 23.4 Å². The van der Waals surface area contributed by atoms with Crippen molar-refractivity contribution in [1.29, 1.82) is 0 Å². The van der Waals surface area contributed by atoms with E-state index in [-0.39, 0.29) is 0 Å². The summed E-state index contributed by atoms with van der Waals surface area (Å²) >= 11 is 0. The predicted octanol–water partition coefficient (Wildman–Crippen LogP) is 4.79. The molecule has 0 fully saturated rings. The third kappa shape index (κ3) is 4.43. The van der Waals surface area contributed by atoms with Gasteiger partial charge in [0.25, 0.3) is 0 Å². The maximum absolute atomic E-state index is 4.46. The van der Waals surface area contributed by atoms with E-state index in [1.165, 1.54) is 0 Å². The number of benzene rings is 2. The maximum Gasteiger partial charge on any atom is 0.0629 e. The molecule has 0 saturated heterocycles. The number of nitrogens with zero attached hydrogens (tertiary/aromatic N) is 1. The zero-order valence-electron chi connectivity index (χ0n) is 11.1. The van der Waals surface area contributed by atoms with Crippen LogP contribution in [-0.4, -0.2) is 6.21 Å². The monoisotopic (exact) mass is 250 g/mol. The highest BCUT2D eigenvalue weighted by molar-refractivity contribution is 5.81. The highest BCUT2D eigenvalue weighted by Gasteiger charge is 1.91. The van der Waals surface area contributed by atoms with Gasteiger partial charge in [-0.15, -0.1) is 0 Å². The van der Waals surface area contributed by atoms with Gasteiger partial charge in [0.15, 0.2) is 0 Å². The first-order valence-electron chi connectivity index (χ1n) is 6.48. The lowest BCUT2D eigenvalue weighted by Gasteiger charge is -2.02. The van der Waals surface area contributed by atoms with Crippen LogP contribution in [0.5, 0.6) is 0 Å². The Morgan fingerprint density at radius 3 is 2.26 bits per heavy atom. The molecule has 0 aliphatic heterocycles. The van der Waals surface area contributed by atoms with Crippen LogP contribution in [0.4, 0.5) is 11.4 Å². The van der Waals surface area contributed by atoms with E-state index in [1.54, 1.807) is 0 Å². The molecule has 0 atom stereocenters. The molecule has 0 unspecified atom stereocenters. The Bertz CT molecular complexity index is 542. The van der Waals surface area contributed by atoms with Gasteiger partial charge in [0.1, 0.15) is 0 Å². The number of hydrogen-bond acceptors (Lipinski definition) is 2. The molecular formula is C17H18N2. The molecule has 0 spiro atoms. The predicted molar refractivity (Wildman–Crippen MR) is 83.0 cm³/mol. The molecule has 0 aliphatic rings. The molecule has 0 aromatic heterocycles. The molecule has 0 radical (unpaired) electrons. The summed E-state index contributed by atoms with van der Waals surface area (Å²) in [5.41, 5.74) is 3.22. The Kier molecular flexibility index (Phi) is 4.94. The summed E-state index contributed by atoms with van der Waals surface area (Å²) in [5.74, 6) is 0. The average Bonchev–Trinajstić information content (AvgIpc) is 2.49. The van der Waals surface area contributed by atoms with Gasteiger partial charge in [-0.3, -0.25) is 4.99 Å². The fourth-order valence-corrected chi connectivity index (χ4v) is 1.61. The summed E-state index contributed by atoms with van der Waals surface area (Å²) in [6.45, 7) is 2.12. The summed E-state index contributed by atoms with van der Waals surface area (Å²) in [7, 11) is 0. The molecule has 0 bridgehead atoms. The number of hydrogen-bond donors (Lipinski definition) is 1. The minimum Gasteiger partial charge on any atom is -0.361 e. The topological polar surface area (TPSA) is 24.4 Å². The van der Waals surface area contributed by atoms with Gasteiger partial charge in [0, 0.05) is 18.1 Å². The number of para-hydroxylation sites is 2. The Balaban J connectivity index is 2.02. The van der Waals surface area contributed by atoms with Crippen LogP contribution < -0.4 is 5.32 Å². The second kappa shape index (κ2) is 7.17. The quantitative estimate of drug-likeness (QED) is 0.758. The van der Waals surface area contributed by atoms with Crippen molar-refractivity contribution in [3.05, 3.63) is 72.4 Å². The fraction of sp³-hybridized carbons (Fsp3) is 0.118. The highest BCUT2D eigenvalue weighted by Crippen LogP contribution is 2.11. The number of rotatable bonds is 5. The van der Waals surface area contributed by atoms with E-state index in [2.05, 4.69) is 17.2 Å². The number of allylic oxidation sites excluding steroid dienone is 1. The van der Waals surface area contributed by atoms with Crippen LogP contribution in [0.25, 0.3) is 0 Å². The van der Waals surface area contributed by atoms with E-state index in [4.69, 9.17) is 0 Å². The molecule has 2 aromatic rings. The first-order valence-corrected chi connectivity index (χ1v) is 6.48. The van der Waals surface area contributed by atoms with Crippen LogP contribution in [-0.2, 0) is 0 Å². The minimum absolute atomic E-state index is 0.941. The Morgan fingerprint density at radius 2 is 1.63 bits per heavy atom. The lowest BCUT2D eigenvalue weighted by atomic mass is 10.2. The first kappa shape index (κ1) is 13.1. The number of anilines is 1. The number of aliphatic imine (C=N–C) groups is 1. The van der Waals surface area contributed by atoms with Crippen LogP contribution in [0.2, 0.25) is 0 Å². The Morgan fingerprint density at radius 1 is 1.00 bits per heavy atom. The lowest BCUT2D eigenvalue weighted by molar-refractivity contribution is 1.17. The smallest absolute Gasteiger partial charge is 0.0629 e. The van der Waals surface area contributed by atoms with Crippen molar-refractivity contribution in [3.63, 3.8) is 0 Å². The largest absolute Gasteiger partial charge is 0.361 e. The van der Waals surface area contributed by atoms with Crippen LogP contribution >= 0.6 is 0 Å². The van der Waals surface area contributed by atoms with E-state index in [0.29, 0.717) is 0 Å². The van der Waals surface area contributed by atoms with E-state index in [1.807, 2.05) is 73.1 Å². The van der Waals surface area contributed by atoms with Crippen molar-refractivity contribution >= 4 is 17.6 Å². The van der Waals surface area contributed by atoms with E-state index < -0.39 is 0 Å².